The van der Waals surface area contributed by atoms with Gasteiger partial charge < -0.3 is 20.1 Å². The van der Waals surface area contributed by atoms with Crippen LogP contribution in [0.15, 0.2) is 24.3 Å². The third-order valence-electron chi connectivity index (χ3n) is 4.79. The highest BCUT2D eigenvalue weighted by atomic mass is 16.5. The molecule has 1 saturated carbocycles. The van der Waals surface area contributed by atoms with E-state index in [1.54, 1.807) is 39.8 Å². The van der Waals surface area contributed by atoms with Crippen molar-refractivity contribution in [2.45, 2.75) is 64.2 Å². The molecule has 1 fully saturated rings. The molecule has 0 radical (unpaired) electrons. The second-order valence-electron chi connectivity index (χ2n) is 7.42. The molecule has 0 spiro atoms. The van der Waals surface area contributed by atoms with Crippen molar-refractivity contribution in [1.82, 2.24) is 5.32 Å². The van der Waals surface area contributed by atoms with Gasteiger partial charge in [0.2, 0.25) is 5.91 Å². The maximum absolute atomic E-state index is 11.3. The van der Waals surface area contributed by atoms with Gasteiger partial charge in [-0.3, -0.25) is 4.79 Å². The van der Waals surface area contributed by atoms with E-state index in [4.69, 9.17) is 4.65 Å². The third-order valence-corrected chi connectivity index (χ3v) is 4.79. The molecular formula is C17H26BNO4. The van der Waals surface area contributed by atoms with Gasteiger partial charge in [0.05, 0.1) is 16.7 Å². The molecule has 0 heterocycles. The Labute approximate surface area is 138 Å². The molecule has 1 amide bonds. The molecule has 0 atom stereocenters. The molecule has 1 aromatic carbocycles. The number of nitrogens with one attached hydrogen (secondary N) is 1. The summed E-state index contributed by atoms with van der Waals surface area (Å²) in [6.07, 6.45) is 1.85. The van der Waals surface area contributed by atoms with Gasteiger partial charge in [0.1, 0.15) is 0 Å². The van der Waals surface area contributed by atoms with E-state index < -0.39 is 18.3 Å². The highest BCUT2D eigenvalue weighted by molar-refractivity contribution is 6.60. The first-order chi connectivity index (χ1) is 10.5. The van der Waals surface area contributed by atoms with Crippen LogP contribution >= 0.6 is 0 Å². The monoisotopic (exact) mass is 319 g/mol. The molecule has 1 aliphatic carbocycles. The lowest BCUT2D eigenvalue weighted by Crippen LogP contribution is -2.53. The Morgan fingerprint density at radius 3 is 2.13 bits per heavy atom. The molecule has 5 nitrogen and oxygen atoms in total. The molecule has 2 rings (SSSR count). The lowest BCUT2D eigenvalue weighted by Gasteiger charge is -2.38. The number of rotatable bonds is 6. The number of amides is 1. The standard InChI is InChI=1S/C17H26BNO4/c1-12(20)19-17(10-11-17)13-6-8-14(9-7-13)18(22)23-16(4,5)15(2,3)21/h6-9,21-22H,10-11H2,1-5H3,(H,19,20). The van der Waals surface area contributed by atoms with Crippen LogP contribution in [0.1, 0.15) is 53.0 Å². The molecule has 0 aromatic heterocycles. The summed E-state index contributed by atoms with van der Waals surface area (Å²) >= 11 is 0. The minimum absolute atomic E-state index is 0.0399. The van der Waals surface area contributed by atoms with E-state index in [1.807, 2.05) is 12.1 Å². The van der Waals surface area contributed by atoms with Crippen molar-refractivity contribution in [3.8, 4) is 0 Å². The predicted molar refractivity (Wildman–Crippen MR) is 90.2 cm³/mol. The van der Waals surface area contributed by atoms with Crippen molar-refractivity contribution in [2.24, 2.45) is 0 Å². The molecule has 6 heteroatoms. The van der Waals surface area contributed by atoms with Crippen molar-refractivity contribution >= 4 is 18.5 Å². The largest absolute Gasteiger partial charge is 0.491 e. The van der Waals surface area contributed by atoms with Crippen LogP contribution in [-0.4, -0.2) is 34.4 Å². The number of aliphatic hydroxyl groups is 1. The normalized spacial score (nSPS) is 16.8. The van der Waals surface area contributed by atoms with Gasteiger partial charge in [0, 0.05) is 6.92 Å². The summed E-state index contributed by atoms with van der Waals surface area (Å²) in [4.78, 5) is 11.3. The van der Waals surface area contributed by atoms with Crippen LogP contribution in [0, 0.1) is 0 Å². The second kappa shape index (κ2) is 5.93. The molecule has 126 valence electrons. The van der Waals surface area contributed by atoms with Gasteiger partial charge in [0.15, 0.2) is 0 Å². The fraction of sp³-hybridized carbons (Fsp3) is 0.588. The van der Waals surface area contributed by atoms with Gasteiger partial charge in [-0.2, -0.15) is 0 Å². The van der Waals surface area contributed by atoms with Gasteiger partial charge in [-0.05, 0) is 51.6 Å². The first kappa shape index (κ1) is 18.0. The summed E-state index contributed by atoms with van der Waals surface area (Å²) in [5.41, 5.74) is -0.589. The van der Waals surface area contributed by atoms with Crippen molar-refractivity contribution in [3.05, 3.63) is 29.8 Å². The minimum atomic E-state index is -1.12. The zero-order chi connectivity index (χ0) is 17.5. The number of hydrogen-bond acceptors (Lipinski definition) is 4. The molecular weight excluding hydrogens is 293 g/mol. The molecule has 1 aromatic rings. The maximum Gasteiger partial charge on any atom is 0.491 e. The molecule has 0 aliphatic heterocycles. The molecule has 0 unspecified atom stereocenters. The average molecular weight is 319 g/mol. The van der Waals surface area contributed by atoms with Gasteiger partial charge in [-0.1, -0.05) is 24.3 Å². The van der Waals surface area contributed by atoms with Crippen molar-refractivity contribution in [1.29, 1.82) is 0 Å². The highest BCUT2D eigenvalue weighted by Gasteiger charge is 2.45. The Morgan fingerprint density at radius 2 is 1.74 bits per heavy atom. The van der Waals surface area contributed by atoms with E-state index in [1.165, 1.54) is 6.92 Å². The van der Waals surface area contributed by atoms with Gasteiger partial charge >= 0.3 is 7.12 Å². The van der Waals surface area contributed by atoms with E-state index >= 15 is 0 Å². The summed E-state index contributed by atoms with van der Waals surface area (Å²) in [7, 11) is -1.12. The zero-order valence-corrected chi connectivity index (χ0v) is 14.5. The summed E-state index contributed by atoms with van der Waals surface area (Å²) in [5, 5.41) is 23.4. The van der Waals surface area contributed by atoms with Crippen LogP contribution in [-0.2, 0) is 15.0 Å². The van der Waals surface area contributed by atoms with Crippen LogP contribution in [0.2, 0.25) is 0 Å². The fourth-order valence-electron chi connectivity index (χ4n) is 2.41. The SMILES string of the molecule is CC(=O)NC1(c2ccc(B(O)OC(C)(C)C(C)(C)O)cc2)CC1. The van der Waals surface area contributed by atoms with E-state index in [0.29, 0.717) is 5.46 Å². The number of hydrogen-bond donors (Lipinski definition) is 3. The first-order valence-corrected chi connectivity index (χ1v) is 7.94. The van der Waals surface area contributed by atoms with Crippen molar-refractivity contribution in [3.63, 3.8) is 0 Å². The Kier molecular flexibility index (Phi) is 4.63. The fourth-order valence-corrected chi connectivity index (χ4v) is 2.41. The summed E-state index contributed by atoms with van der Waals surface area (Å²) in [5.74, 6) is -0.0399. The summed E-state index contributed by atoms with van der Waals surface area (Å²) in [6.45, 7) is 8.28. The van der Waals surface area contributed by atoms with Crippen LogP contribution in [0.4, 0.5) is 0 Å². The lowest BCUT2D eigenvalue weighted by molar-refractivity contribution is -0.120. The predicted octanol–water partition coefficient (Wildman–Crippen LogP) is 1.07. The third kappa shape index (κ3) is 3.94. The maximum atomic E-state index is 11.3. The molecule has 23 heavy (non-hydrogen) atoms. The van der Waals surface area contributed by atoms with E-state index in [9.17, 15) is 14.9 Å². The summed E-state index contributed by atoms with van der Waals surface area (Å²) < 4.78 is 5.63. The molecule has 3 N–H and O–H groups in total. The molecule has 1 aliphatic rings. The van der Waals surface area contributed by atoms with Gasteiger partial charge in [-0.25, -0.2) is 0 Å². The van der Waals surface area contributed by atoms with Crippen LogP contribution < -0.4 is 10.8 Å². The number of carbonyl (C=O) groups is 1. The number of benzene rings is 1. The van der Waals surface area contributed by atoms with E-state index in [2.05, 4.69) is 5.32 Å². The van der Waals surface area contributed by atoms with E-state index in [-0.39, 0.29) is 11.4 Å². The molecule has 0 saturated heterocycles. The zero-order valence-electron chi connectivity index (χ0n) is 14.5. The number of carbonyl (C=O) groups excluding carboxylic acids is 1. The van der Waals surface area contributed by atoms with Crippen LogP contribution in [0.25, 0.3) is 0 Å². The second-order valence-corrected chi connectivity index (χ2v) is 7.42. The smallest absolute Gasteiger partial charge is 0.423 e. The minimum Gasteiger partial charge on any atom is -0.423 e. The Bertz CT molecular complexity index is 573. The molecule has 0 bridgehead atoms. The first-order valence-electron chi connectivity index (χ1n) is 7.94. The topological polar surface area (TPSA) is 78.8 Å². The Balaban J connectivity index is 2.09. The van der Waals surface area contributed by atoms with Gasteiger partial charge in [0.25, 0.3) is 0 Å². The highest BCUT2D eigenvalue weighted by Crippen LogP contribution is 2.45. The van der Waals surface area contributed by atoms with Gasteiger partial charge in [-0.15, -0.1) is 0 Å². The summed E-state index contributed by atoms with van der Waals surface area (Å²) in [6, 6.07) is 7.40. The van der Waals surface area contributed by atoms with Crippen LogP contribution in [0.3, 0.4) is 0 Å². The average Bonchev–Trinajstić information content (AvgIpc) is 3.17. The van der Waals surface area contributed by atoms with Crippen LogP contribution in [0.5, 0.6) is 0 Å². The van der Waals surface area contributed by atoms with E-state index in [0.717, 1.165) is 18.4 Å². The quantitative estimate of drug-likeness (QED) is 0.685. The lowest BCUT2D eigenvalue weighted by atomic mass is 9.76. The van der Waals surface area contributed by atoms with Crippen molar-refractivity contribution < 1.29 is 19.6 Å². The Hall–Kier alpha value is -1.37. The van der Waals surface area contributed by atoms with Crippen molar-refractivity contribution in [2.75, 3.05) is 0 Å². The Morgan fingerprint density at radius 1 is 1.22 bits per heavy atom.